The summed E-state index contributed by atoms with van der Waals surface area (Å²) < 4.78 is 4.91. The standard InChI is InChI=1S/C13H16O3/c1-2-3-9-16-13(15)10-12(14)11-7-5-4-6-8-11/h4-8H,2-3,9-10H2,1H3. The van der Waals surface area contributed by atoms with E-state index in [1.807, 2.05) is 13.0 Å². The van der Waals surface area contributed by atoms with Crippen molar-refractivity contribution in [3.63, 3.8) is 0 Å². The topological polar surface area (TPSA) is 43.4 Å². The van der Waals surface area contributed by atoms with Crippen molar-refractivity contribution in [1.82, 2.24) is 0 Å². The van der Waals surface area contributed by atoms with Crippen LogP contribution in [0.1, 0.15) is 36.5 Å². The zero-order valence-electron chi connectivity index (χ0n) is 9.44. The number of carbonyl (C=O) groups is 2. The summed E-state index contributed by atoms with van der Waals surface area (Å²) in [6.45, 7) is 2.42. The van der Waals surface area contributed by atoms with Crippen LogP contribution in [0.3, 0.4) is 0 Å². The maximum atomic E-state index is 11.6. The molecule has 0 heterocycles. The Bertz CT molecular complexity index is 343. The van der Waals surface area contributed by atoms with Crippen LogP contribution in [0.4, 0.5) is 0 Å². The van der Waals surface area contributed by atoms with E-state index in [-0.39, 0.29) is 12.2 Å². The van der Waals surface area contributed by atoms with Crippen LogP contribution in [-0.2, 0) is 9.53 Å². The van der Waals surface area contributed by atoms with Gasteiger partial charge in [0.25, 0.3) is 0 Å². The van der Waals surface area contributed by atoms with Crippen molar-refractivity contribution in [2.75, 3.05) is 6.61 Å². The summed E-state index contributed by atoms with van der Waals surface area (Å²) in [5.74, 6) is -0.635. The van der Waals surface area contributed by atoms with Crippen LogP contribution in [0.2, 0.25) is 0 Å². The summed E-state index contributed by atoms with van der Waals surface area (Å²) in [5, 5.41) is 0. The molecular formula is C13H16O3. The number of carbonyl (C=O) groups excluding carboxylic acids is 2. The highest BCUT2D eigenvalue weighted by Crippen LogP contribution is 2.04. The fraction of sp³-hybridized carbons (Fsp3) is 0.385. The molecule has 1 aromatic rings. The highest BCUT2D eigenvalue weighted by atomic mass is 16.5. The van der Waals surface area contributed by atoms with Gasteiger partial charge in [0.1, 0.15) is 6.42 Å². The third kappa shape index (κ3) is 4.26. The molecule has 0 spiro atoms. The average molecular weight is 220 g/mol. The number of hydrogen-bond acceptors (Lipinski definition) is 3. The van der Waals surface area contributed by atoms with Crippen molar-refractivity contribution >= 4 is 11.8 Å². The smallest absolute Gasteiger partial charge is 0.313 e. The molecule has 0 saturated carbocycles. The molecule has 1 rings (SSSR count). The van der Waals surface area contributed by atoms with Crippen LogP contribution < -0.4 is 0 Å². The molecule has 0 aliphatic carbocycles. The van der Waals surface area contributed by atoms with E-state index in [0.29, 0.717) is 12.2 Å². The highest BCUT2D eigenvalue weighted by molar-refractivity contribution is 6.05. The first-order valence-electron chi connectivity index (χ1n) is 5.48. The van der Waals surface area contributed by atoms with Gasteiger partial charge in [0, 0.05) is 5.56 Å². The van der Waals surface area contributed by atoms with E-state index < -0.39 is 5.97 Å². The van der Waals surface area contributed by atoms with Crippen molar-refractivity contribution in [2.24, 2.45) is 0 Å². The Labute approximate surface area is 95.4 Å². The number of ether oxygens (including phenoxy) is 1. The molecule has 0 aliphatic heterocycles. The number of ketones is 1. The normalized spacial score (nSPS) is 9.81. The molecule has 0 aliphatic rings. The minimum absolute atomic E-state index is 0.173. The lowest BCUT2D eigenvalue weighted by atomic mass is 10.1. The Hall–Kier alpha value is -1.64. The molecule has 0 N–H and O–H groups in total. The second-order valence-electron chi connectivity index (χ2n) is 3.54. The maximum absolute atomic E-state index is 11.6. The van der Waals surface area contributed by atoms with E-state index in [4.69, 9.17) is 4.74 Å². The molecule has 0 saturated heterocycles. The Kier molecular flexibility index (Phi) is 5.26. The molecular weight excluding hydrogens is 204 g/mol. The Balaban J connectivity index is 2.37. The molecule has 0 unspecified atom stereocenters. The zero-order chi connectivity index (χ0) is 11.8. The molecule has 16 heavy (non-hydrogen) atoms. The summed E-state index contributed by atoms with van der Waals surface area (Å²) in [6.07, 6.45) is 1.64. The van der Waals surface area contributed by atoms with Gasteiger partial charge in [0.2, 0.25) is 0 Å². The largest absolute Gasteiger partial charge is 0.465 e. The van der Waals surface area contributed by atoms with E-state index in [9.17, 15) is 9.59 Å². The van der Waals surface area contributed by atoms with Gasteiger partial charge in [-0.1, -0.05) is 43.7 Å². The lowest BCUT2D eigenvalue weighted by Crippen LogP contribution is -2.12. The summed E-state index contributed by atoms with van der Waals surface area (Å²) in [7, 11) is 0. The van der Waals surface area contributed by atoms with Gasteiger partial charge in [-0.2, -0.15) is 0 Å². The number of unbranched alkanes of at least 4 members (excludes halogenated alkanes) is 1. The maximum Gasteiger partial charge on any atom is 0.313 e. The Morgan fingerprint density at radius 1 is 1.19 bits per heavy atom. The third-order valence-corrected chi connectivity index (χ3v) is 2.16. The quantitative estimate of drug-likeness (QED) is 0.320. The number of rotatable bonds is 6. The molecule has 0 amide bonds. The Morgan fingerprint density at radius 2 is 1.88 bits per heavy atom. The second kappa shape index (κ2) is 6.77. The molecule has 0 radical (unpaired) electrons. The van der Waals surface area contributed by atoms with Gasteiger partial charge in [0.05, 0.1) is 6.61 Å². The third-order valence-electron chi connectivity index (χ3n) is 2.16. The number of benzene rings is 1. The lowest BCUT2D eigenvalue weighted by molar-refractivity contribution is -0.142. The zero-order valence-corrected chi connectivity index (χ0v) is 9.44. The summed E-state index contributed by atoms with van der Waals surface area (Å²) in [6, 6.07) is 8.77. The molecule has 3 nitrogen and oxygen atoms in total. The lowest BCUT2D eigenvalue weighted by Gasteiger charge is -2.03. The summed E-state index contributed by atoms with van der Waals surface area (Å²) >= 11 is 0. The molecule has 86 valence electrons. The fourth-order valence-electron chi connectivity index (χ4n) is 1.24. The molecule has 1 aromatic carbocycles. The van der Waals surface area contributed by atoms with Gasteiger partial charge >= 0.3 is 5.97 Å². The first-order chi connectivity index (χ1) is 7.74. The van der Waals surface area contributed by atoms with Crippen LogP contribution in [0.15, 0.2) is 30.3 Å². The molecule has 0 fully saturated rings. The fourth-order valence-corrected chi connectivity index (χ4v) is 1.24. The van der Waals surface area contributed by atoms with Crippen LogP contribution in [0.5, 0.6) is 0 Å². The second-order valence-corrected chi connectivity index (χ2v) is 3.54. The SMILES string of the molecule is CCCCOC(=O)CC(=O)c1ccccc1. The number of hydrogen-bond donors (Lipinski definition) is 0. The molecule has 0 bridgehead atoms. The van der Waals surface area contributed by atoms with Crippen molar-refractivity contribution in [3.05, 3.63) is 35.9 Å². The van der Waals surface area contributed by atoms with E-state index in [2.05, 4.69) is 0 Å². The van der Waals surface area contributed by atoms with Crippen LogP contribution >= 0.6 is 0 Å². The van der Waals surface area contributed by atoms with E-state index >= 15 is 0 Å². The number of Topliss-reactive ketones (excluding diaryl/α,β-unsaturated/α-hetero) is 1. The summed E-state index contributed by atoms with van der Waals surface area (Å²) in [4.78, 5) is 22.8. The van der Waals surface area contributed by atoms with Gasteiger partial charge in [-0.15, -0.1) is 0 Å². The first-order valence-corrected chi connectivity index (χ1v) is 5.48. The minimum atomic E-state index is -0.442. The van der Waals surface area contributed by atoms with Crippen LogP contribution in [-0.4, -0.2) is 18.4 Å². The van der Waals surface area contributed by atoms with Gasteiger partial charge in [-0.25, -0.2) is 0 Å². The van der Waals surface area contributed by atoms with Crippen molar-refractivity contribution in [2.45, 2.75) is 26.2 Å². The van der Waals surface area contributed by atoms with Crippen molar-refractivity contribution in [1.29, 1.82) is 0 Å². The average Bonchev–Trinajstić information content (AvgIpc) is 2.30. The van der Waals surface area contributed by atoms with Crippen LogP contribution in [0, 0.1) is 0 Å². The molecule has 0 atom stereocenters. The molecule has 3 heteroatoms. The predicted molar refractivity (Wildman–Crippen MR) is 61.3 cm³/mol. The first kappa shape index (κ1) is 12.4. The van der Waals surface area contributed by atoms with Gasteiger partial charge in [-0.05, 0) is 6.42 Å². The van der Waals surface area contributed by atoms with Gasteiger partial charge in [0.15, 0.2) is 5.78 Å². The van der Waals surface area contributed by atoms with E-state index in [1.165, 1.54) is 0 Å². The monoisotopic (exact) mass is 220 g/mol. The van der Waals surface area contributed by atoms with E-state index in [0.717, 1.165) is 12.8 Å². The van der Waals surface area contributed by atoms with Gasteiger partial charge < -0.3 is 4.74 Å². The van der Waals surface area contributed by atoms with Gasteiger partial charge in [-0.3, -0.25) is 9.59 Å². The van der Waals surface area contributed by atoms with Crippen LogP contribution in [0.25, 0.3) is 0 Å². The molecule has 0 aromatic heterocycles. The number of esters is 1. The predicted octanol–water partition coefficient (Wildman–Crippen LogP) is 2.60. The Morgan fingerprint density at radius 3 is 2.50 bits per heavy atom. The summed E-state index contributed by atoms with van der Waals surface area (Å²) in [5.41, 5.74) is 0.551. The van der Waals surface area contributed by atoms with Crippen molar-refractivity contribution in [3.8, 4) is 0 Å². The highest BCUT2D eigenvalue weighted by Gasteiger charge is 2.11. The van der Waals surface area contributed by atoms with Crippen molar-refractivity contribution < 1.29 is 14.3 Å². The minimum Gasteiger partial charge on any atom is -0.465 e. The van der Waals surface area contributed by atoms with E-state index in [1.54, 1.807) is 24.3 Å².